The Labute approximate surface area is 114 Å². The van der Waals surface area contributed by atoms with Crippen LogP contribution in [0.5, 0.6) is 0 Å². The van der Waals surface area contributed by atoms with E-state index in [0.29, 0.717) is 25.0 Å². The fourth-order valence-corrected chi connectivity index (χ4v) is 1.83. The highest BCUT2D eigenvalue weighted by atomic mass is 16.5. The summed E-state index contributed by atoms with van der Waals surface area (Å²) in [7, 11) is 0. The lowest BCUT2D eigenvalue weighted by Crippen LogP contribution is -2.04. The van der Waals surface area contributed by atoms with Crippen LogP contribution in [0.25, 0.3) is 0 Å². The molecule has 0 aromatic heterocycles. The van der Waals surface area contributed by atoms with Crippen molar-refractivity contribution in [2.75, 3.05) is 26.3 Å². The predicted octanol–water partition coefficient (Wildman–Crippen LogP) is 2.63. The van der Waals surface area contributed by atoms with Gasteiger partial charge in [0.25, 0.3) is 0 Å². The van der Waals surface area contributed by atoms with Crippen LogP contribution in [0.15, 0.2) is 58.6 Å². The molecule has 2 rings (SSSR count). The van der Waals surface area contributed by atoms with E-state index in [9.17, 15) is 0 Å². The number of allylic oxidation sites excluding steroid dienone is 8. The van der Waals surface area contributed by atoms with Crippen molar-refractivity contribution in [1.29, 1.82) is 0 Å². The van der Waals surface area contributed by atoms with Crippen molar-refractivity contribution in [3.05, 3.63) is 48.6 Å². The molecule has 0 unspecified atom stereocenters. The summed E-state index contributed by atoms with van der Waals surface area (Å²) in [4.78, 5) is 8.65. The van der Waals surface area contributed by atoms with Gasteiger partial charge in [0.2, 0.25) is 0 Å². The lowest BCUT2D eigenvalue weighted by atomic mass is 10.2. The van der Waals surface area contributed by atoms with Gasteiger partial charge >= 0.3 is 0 Å². The summed E-state index contributed by atoms with van der Waals surface area (Å²) < 4.78 is 5.46. The van der Waals surface area contributed by atoms with E-state index in [1.54, 1.807) is 0 Å². The molecule has 0 saturated carbocycles. The minimum Gasteiger partial charge on any atom is -0.378 e. The van der Waals surface area contributed by atoms with Crippen molar-refractivity contribution in [2.24, 2.45) is 21.8 Å². The molecule has 0 aromatic rings. The molecule has 0 fully saturated rings. The standard InChI is InChI=1S/C16H20N2O/c1-2-6-15(5-1)13-17-9-11-19-12-10-18-14-16-7-3-4-8-16/h1-8,13-16H,9-12H2. The molecule has 0 amide bonds. The van der Waals surface area contributed by atoms with Crippen molar-refractivity contribution >= 4 is 12.4 Å². The minimum atomic E-state index is 0.372. The highest BCUT2D eigenvalue weighted by molar-refractivity contribution is 5.67. The molecule has 0 aromatic carbocycles. The predicted molar refractivity (Wildman–Crippen MR) is 81.1 cm³/mol. The summed E-state index contributed by atoms with van der Waals surface area (Å²) >= 11 is 0. The van der Waals surface area contributed by atoms with Gasteiger partial charge in [0.1, 0.15) is 0 Å². The van der Waals surface area contributed by atoms with E-state index in [0.717, 1.165) is 13.1 Å². The molecule has 2 aliphatic carbocycles. The van der Waals surface area contributed by atoms with E-state index in [1.807, 2.05) is 36.7 Å². The summed E-state index contributed by atoms with van der Waals surface area (Å²) in [5.74, 6) is 0.745. The van der Waals surface area contributed by atoms with E-state index >= 15 is 0 Å². The lowest BCUT2D eigenvalue weighted by Gasteiger charge is -2.00. The Kier molecular flexibility index (Phi) is 6.03. The molecule has 19 heavy (non-hydrogen) atoms. The molecule has 0 spiro atoms. The van der Waals surface area contributed by atoms with Crippen LogP contribution in [0, 0.1) is 11.8 Å². The van der Waals surface area contributed by atoms with E-state index in [4.69, 9.17) is 4.74 Å². The summed E-state index contributed by atoms with van der Waals surface area (Å²) in [6.45, 7) is 2.76. The van der Waals surface area contributed by atoms with Crippen molar-refractivity contribution in [2.45, 2.75) is 0 Å². The second-order valence-electron chi connectivity index (χ2n) is 4.42. The first kappa shape index (κ1) is 13.7. The van der Waals surface area contributed by atoms with Gasteiger partial charge < -0.3 is 4.74 Å². The van der Waals surface area contributed by atoms with Crippen LogP contribution in [0.3, 0.4) is 0 Å². The molecule has 0 radical (unpaired) electrons. The van der Waals surface area contributed by atoms with E-state index in [-0.39, 0.29) is 0 Å². The Morgan fingerprint density at radius 2 is 1.16 bits per heavy atom. The number of hydrogen-bond acceptors (Lipinski definition) is 3. The highest BCUT2D eigenvalue weighted by Gasteiger charge is 1.98. The smallest absolute Gasteiger partial charge is 0.0662 e. The number of hydrogen-bond donors (Lipinski definition) is 0. The van der Waals surface area contributed by atoms with Crippen LogP contribution in [0.4, 0.5) is 0 Å². The molecular formula is C16H20N2O. The SMILES string of the molecule is C1=CC(C=NCCOCCN=CC2C=CC=C2)C=C1. The van der Waals surface area contributed by atoms with Crippen LogP contribution < -0.4 is 0 Å². The summed E-state index contributed by atoms with van der Waals surface area (Å²) in [5, 5.41) is 0. The van der Waals surface area contributed by atoms with Gasteiger partial charge in [-0.1, -0.05) is 48.6 Å². The Balaban J connectivity index is 1.44. The maximum absolute atomic E-state index is 5.46. The largest absolute Gasteiger partial charge is 0.378 e. The molecule has 2 aliphatic rings. The topological polar surface area (TPSA) is 34.0 Å². The van der Waals surface area contributed by atoms with Crippen LogP contribution in [-0.2, 0) is 4.74 Å². The van der Waals surface area contributed by atoms with E-state index in [2.05, 4.69) is 34.3 Å². The maximum atomic E-state index is 5.46. The monoisotopic (exact) mass is 256 g/mol. The fraction of sp³-hybridized carbons (Fsp3) is 0.375. The molecule has 100 valence electrons. The first-order valence-corrected chi connectivity index (χ1v) is 6.73. The molecule has 0 aliphatic heterocycles. The zero-order chi connectivity index (χ0) is 13.2. The average molecular weight is 256 g/mol. The molecule has 3 heteroatoms. The van der Waals surface area contributed by atoms with Gasteiger partial charge in [0, 0.05) is 24.3 Å². The first-order chi connectivity index (χ1) is 9.45. The first-order valence-electron chi connectivity index (χ1n) is 6.73. The van der Waals surface area contributed by atoms with Crippen molar-refractivity contribution in [1.82, 2.24) is 0 Å². The number of rotatable bonds is 8. The second kappa shape index (κ2) is 8.38. The highest BCUT2D eigenvalue weighted by Crippen LogP contribution is 2.05. The summed E-state index contributed by atoms with van der Waals surface area (Å²) in [5.41, 5.74) is 0. The second-order valence-corrected chi connectivity index (χ2v) is 4.42. The van der Waals surface area contributed by atoms with Gasteiger partial charge in [0.05, 0.1) is 26.3 Å². The van der Waals surface area contributed by atoms with E-state index in [1.165, 1.54) is 0 Å². The third-order valence-corrected chi connectivity index (χ3v) is 2.84. The van der Waals surface area contributed by atoms with Crippen LogP contribution >= 0.6 is 0 Å². The Bertz CT molecular complexity index is 366. The molecule has 0 saturated heterocycles. The zero-order valence-corrected chi connectivity index (χ0v) is 11.1. The summed E-state index contributed by atoms with van der Waals surface area (Å²) in [6.07, 6.45) is 20.5. The molecule has 0 atom stereocenters. The molecule has 0 N–H and O–H groups in total. The van der Waals surface area contributed by atoms with Crippen molar-refractivity contribution in [3.8, 4) is 0 Å². The Morgan fingerprint density at radius 1 is 0.737 bits per heavy atom. The maximum Gasteiger partial charge on any atom is 0.0662 e. The molecular weight excluding hydrogens is 236 g/mol. The zero-order valence-electron chi connectivity index (χ0n) is 11.1. The Hall–Kier alpha value is -1.74. The van der Waals surface area contributed by atoms with Gasteiger partial charge in [-0.05, 0) is 0 Å². The van der Waals surface area contributed by atoms with Gasteiger partial charge in [-0.3, -0.25) is 9.98 Å². The van der Waals surface area contributed by atoms with Crippen LogP contribution in [0.2, 0.25) is 0 Å². The van der Waals surface area contributed by atoms with Gasteiger partial charge in [-0.2, -0.15) is 0 Å². The number of ether oxygens (including phenoxy) is 1. The van der Waals surface area contributed by atoms with Crippen molar-refractivity contribution < 1.29 is 4.74 Å². The van der Waals surface area contributed by atoms with Gasteiger partial charge in [-0.15, -0.1) is 0 Å². The third kappa shape index (κ3) is 5.62. The normalized spacial score (nSPS) is 18.9. The van der Waals surface area contributed by atoms with Crippen LogP contribution in [-0.4, -0.2) is 38.7 Å². The molecule has 0 bridgehead atoms. The Morgan fingerprint density at radius 3 is 1.58 bits per heavy atom. The van der Waals surface area contributed by atoms with Gasteiger partial charge in [-0.25, -0.2) is 0 Å². The number of nitrogens with zero attached hydrogens (tertiary/aromatic N) is 2. The summed E-state index contributed by atoms with van der Waals surface area (Å²) in [6, 6.07) is 0. The molecule has 3 nitrogen and oxygen atoms in total. The lowest BCUT2D eigenvalue weighted by molar-refractivity contribution is 0.150. The van der Waals surface area contributed by atoms with Crippen LogP contribution in [0.1, 0.15) is 0 Å². The minimum absolute atomic E-state index is 0.372. The fourth-order valence-electron chi connectivity index (χ4n) is 1.83. The number of aliphatic imine (C=N–C) groups is 2. The van der Waals surface area contributed by atoms with E-state index < -0.39 is 0 Å². The molecule has 0 heterocycles. The third-order valence-electron chi connectivity index (χ3n) is 2.84. The van der Waals surface area contributed by atoms with Gasteiger partial charge in [0.15, 0.2) is 0 Å². The average Bonchev–Trinajstić information content (AvgIpc) is 3.10. The van der Waals surface area contributed by atoms with Crippen molar-refractivity contribution in [3.63, 3.8) is 0 Å². The quantitative estimate of drug-likeness (QED) is 0.485.